The van der Waals surface area contributed by atoms with Gasteiger partial charge in [0.15, 0.2) is 0 Å². The van der Waals surface area contributed by atoms with Gasteiger partial charge in [-0.15, -0.1) is 0 Å². The van der Waals surface area contributed by atoms with Gasteiger partial charge < -0.3 is 25.4 Å². The molecule has 0 aliphatic heterocycles. The van der Waals surface area contributed by atoms with E-state index in [9.17, 15) is 19.2 Å². The average Bonchev–Trinajstić information content (AvgIpc) is 3.16. The van der Waals surface area contributed by atoms with Crippen LogP contribution in [0.3, 0.4) is 0 Å². The third-order valence-corrected chi connectivity index (χ3v) is 5.80. The molecule has 0 bridgehead atoms. The van der Waals surface area contributed by atoms with Crippen molar-refractivity contribution in [2.75, 3.05) is 19.7 Å². The fraction of sp³-hybridized carbons (Fsp3) is 0.429. The van der Waals surface area contributed by atoms with E-state index in [0.29, 0.717) is 6.54 Å². The molecule has 0 saturated heterocycles. The van der Waals surface area contributed by atoms with E-state index >= 15 is 0 Å². The third-order valence-electron chi connectivity index (χ3n) is 5.80. The minimum Gasteiger partial charge on any atom is -0.458 e. The van der Waals surface area contributed by atoms with E-state index in [4.69, 9.17) is 9.47 Å². The van der Waals surface area contributed by atoms with Gasteiger partial charge in [0.05, 0.1) is 0 Å². The Morgan fingerprint density at radius 3 is 2.05 bits per heavy atom. The number of benzene rings is 2. The van der Waals surface area contributed by atoms with E-state index in [0.717, 1.165) is 22.3 Å². The minimum atomic E-state index is -1.03. The number of ether oxygens (including phenoxy) is 2. The molecule has 0 radical (unpaired) electrons. The highest BCUT2D eigenvalue weighted by Crippen LogP contribution is 2.44. The fourth-order valence-electron chi connectivity index (χ4n) is 4.23. The van der Waals surface area contributed by atoms with Crippen molar-refractivity contribution in [2.45, 2.75) is 58.1 Å². The summed E-state index contributed by atoms with van der Waals surface area (Å²) >= 11 is 0. The number of carbonyl (C=O) groups excluding carboxylic acids is 4. The molecule has 1 unspecified atom stereocenters. The monoisotopic (exact) mass is 509 g/mol. The Hall–Kier alpha value is -3.88. The van der Waals surface area contributed by atoms with E-state index in [1.54, 1.807) is 27.7 Å². The van der Waals surface area contributed by atoms with Gasteiger partial charge in [0, 0.05) is 18.9 Å². The maximum absolute atomic E-state index is 12.6. The van der Waals surface area contributed by atoms with Crippen molar-refractivity contribution < 1.29 is 28.7 Å². The number of esters is 1. The molecule has 2 aromatic rings. The molecule has 0 aromatic heterocycles. The largest absolute Gasteiger partial charge is 0.458 e. The Morgan fingerprint density at radius 2 is 1.49 bits per heavy atom. The zero-order chi connectivity index (χ0) is 27.0. The van der Waals surface area contributed by atoms with Gasteiger partial charge >= 0.3 is 12.1 Å². The molecular weight excluding hydrogens is 474 g/mol. The van der Waals surface area contributed by atoms with Crippen molar-refractivity contribution in [1.29, 1.82) is 0 Å². The van der Waals surface area contributed by atoms with Crippen molar-refractivity contribution in [3.05, 3.63) is 59.7 Å². The Kier molecular flexibility index (Phi) is 9.27. The molecule has 0 fully saturated rings. The van der Waals surface area contributed by atoms with Crippen LogP contribution in [0.2, 0.25) is 0 Å². The Bertz CT molecular complexity index is 1100. The normalized spacial score (nSPS) is 13.1. The maximum atomic E-state index is 12.6. The first-order valence-corrected chi connectivity index (χ1v) is 12.5. The van der Waals surface area contributed by atoms with Crippen LogP contribution in [0.4, 0.5) is 4.79 Å². The Balaban J connectivity index is 1.53. The molecule has 2 aromatic carbocycles. The lowest BCUT2D eigenvalue weighted by molar-refractivity contribution is -0.158. The van der Waals surface area contributed by atoms with Gasteiger partial charge in [0.25, 0.3) is 0 Å². The number of nitrogens with one attached hydrogen (secondary N) is 3. The standard InChI is InChI=1S/C28H35N3O6/c1-5-29-24(32)15-14-23(26(34)37-28(2,3)4)31-25(33)16-30-27(35)36-17-22-20-12-8-6-10-18(20)19-11-7-9-13-21(19)22/h6-13,22-23H,5,14-17H2,1-4H3,(H,29,32)(H,30,35)(H,31,33). The van der Waals surface area contributed by atoms with Crippen LogP contribution in [-0.2, 0) is 23.9 Å². The highest BCUT2D eigenvalue weighted by atomic mass is 16.6. The van der Waals surface area contributed by atoms with Crippen LogP contribution in [0.15, 0.2) is 48.5 Å². The molecule has 0 heterocycles. The lowest BCUT2D eigenvalue weighted by atomic mass is 9.98. The first-order chi connectivity index (χ1) is 17.6. The molecule has 0 spiro atoms. The van der Waals surface area contributed by atoms with Crippen molar-refractivity contribution in [1.82, 2.24) is 16.0 Å². The average molecular weight is 510 g/mol. The first kappa shape index (κ1) is 27.7. The van der Waals surface area contributed by atoms with E-state index < -0.39 is 36.2 Å². The second-order valence-corrected chi connectivity index (χ2v) is 9.82. The number of alkyl carbamates (subject to hydrolysis) is 1. The molecule has 1 aliphatic rings. The van der Waals surface area contributed by atoms with Crippen LogP contribution in [0, 0.1) is 0 Å². The van der Waals surface area contributed by atoms with Crippen molar-refractivity contribution in [3.63, 3.8) is 0 Å². The quantitative estimate of drug-likeness (QED) is 0.423. The number of hydrogen-bond acceptors (Lipinski definition) is 6. The molecule has 198 valence electrons. The van der Waals surface area contributed by atoms with Gasteiger partial charge in [0.2, 0.25) is 11.8 Å². The Morgan fingerprint density at radius 1 is 0.892 bits per heavy atom. The van der Waals surface area contributed by atoms with Gasteiger partial charge in [0.1, 0.15) is 24.8 Å². The lowest BCUT2D eigenvalue weighted by Crippen LogP contribution is -2.48. The summed E-state index contributed by atoms with van der Waals surface area (Å²) in [6.07, 6.45) is -0.636. The third kappa shape index (κ3) is 7.80. The molecule has 9 nitrogen and oxygen atoms in total. The molecule has 37 heavy (non-hydrogen) atoms. The SMILES string of the molecule is CCNC(=O)CCC(NC(=O)CNC(=O)OCC1c2ccccc2-c2ccccc21)C(=O)OC(C)(C)C. The van der Waals surface area contributed by atoms with E-state index in [1.807, 2.05) is 48.5 Å². The topological polar surface area (TPSA) is 123 Å². The summed E-state index contributed by atoms with van der Waals surface area (Å²) in [6, 6.07) is 15.0. The Labute approximate surface area is 217 Å². The predicted molar refractivity (Wildman–Crippen MR) is 139 cm³/mol. The van der Waals surface area contributed by atoms with E-state index in [-0.39, 0.29) is 31.3 Å². The van der Waals surface area contributed by atoms with Gasteiger partial charge in [-0.1, -0.05) is 48.5 Å². The van der Waals surface area contributed by atoms with Gasteiger partial charge in [-0.25, -0.2) is 9.59 Å². The van der Waals surface area contributed by atoms with Gasteiger partial charge in [-0.05, 0) is 56.4 Å². The summed E-state index contributed by atoms with van der Waals surface area (Å²) in [7, 11) is 0. The van der Waals surface area contributed by atoms with Gasteiger partial charge in [-0.2, -0.15) is 0 Å². The van der Waals surface area contributed by atoms with Crippen LogP contribution in [0.1, 0.15) is 57.6 Å². The molecule has 1 atom stereocenters. The highest BCUT2D eigenvalue weighted by molar-refractivity contribution is 5.88. The van der Waals surface area contributed by atoms with Crippen molar-refractivity contribution in [2.24, 2.45) is 0 Å². The van der Waals surface area contributed by atoms with Crippen LogP contribution in [0.25, 0.3) is 11.1 Å². The summed E-state index contributed by atoms with van der Waals surface area (Å²) in [5.74, 6) is -1.58. The summed E-state index contributed by atoms with van der Waals surface area (Å²) < 4.78 is 10.8. The van der Waals surface area contributed by atoms with Crippen LogP contribution in [0.5, 0.6) is 0 Å². The molecule has 1 aliphatic carbocycles. The van der Waals surface area contributed by atoms with Crippen LogP contribution in [-0.4, -0.2) is 55.2 Å². The predicted octanol–water partition coefficient (Wildman–Crippen LogP) is 3.27. The number of carbonyl (C=O) groups is 4. The number of rotatable bonds is 10. The molecule has 9 heteroatoms. The summed E-state index contributed by atoms with van der Waals surface area (Å²) in [4.78, 5) is 49.3. The number of amides is 3. The second kappa shape index (κ2) is 12.4. The van der Waals surface area contributed by atoms with Crippen LogP contribution >= 0.6 is 0 Å². The van der Waals surface area contributed by atoms with Gasteiger partial charge in [-0.3, -0.25) is 9.59 Å². The molecule has 3 rings (SSSR count). The summed E-state index contributed by atoms with van der Waals surface area (Å²) in [5.41, 5.74) is 3.65. The number of hydrogen-bond donors (Lipinski definition) is 3. The molecule has 0 saturated carbocycles. The first-order valence-electron chi connectivity index (χ1n) is 12.5. The number of fused-ring (bicyclic) bond motifs is 3. The summed E-state index contributed by atoms with van der Waals surface area (Å²) in [5, 5.41) is 7.63. The minimum absolute atomic E-state index is 0.0395. The molecule has 3 N–H and O–H groups in total. The van der Waals surface area contributed by atoms with Crippen molar-refractivity contribution in [3.8, 4) is 11.1 Å². The second-order valence-electron chi connectivity index (χ2n) is 9.82. The highest BCUT2D eigenvalue weighted by Gasteiger charge is 2.30. The smallest absolute Gasteiger partial charge is 0.407 e. The fourth-order valence-corrected chi connectivity index (χ4v) is 4.23. The van der Waals surface area contributed by atoms with Crippen LogP contribution < -0.4 is 16.0 Å². The van der Waals surface area contributed by atoms with E-state index in [1.165, 1.54) is 0 Å². The zero-order valence-corrected chi connectivity index (χ0v) is 21.8. The van der Waals surface area contributed by atoms with Crippen molar-refractivity contribution >= 4 is 23.9 Å². The molecule has 3 amide bonds. The lowest BCUT2D eigenvalue weighted by Gasteiger charge is -2.24. The zero-order valence-electron chi connectivity index (χ0n) is 21.8. The summed E-state index contributed by atoms with van der Waals surface area (Å²) in [6.45, 7) is 7.13. The van der Waals surface area contributed by atoms with E-state index in [2.05, 4.69) is 16.0 Å². The maximum Gasteiger partial charge on any atom is 0.407 e. The molecular formula is C28H35N3O6.